The van der Waals surface area contributed by atoms with Crippen molar-refractivity contribution in [2.24, 2.45) is 0 Å². The first-order chi connectivity index (χ1) is 4.16. The van der Waals surface area contributed by atoms with Crippen molar-refractivity contribution in [3.05, 3.63) is 35.7 Å². The van der Waals surface area contributed by atoms with E-state index >= 15 is 0 Å². The molecule has 2 heteroatoms. The predicted molar refractivity (Wildman–Crippen MR) is 39.0 cm³/mol. The lowest BCUT2D eigenvalue weighted by Gasteiger charge is -1.82. The first-order valence-corrected chi connectivity index (χ1v) is 2.89. The largest absolute Gasteiger partial charge is 0.208 e. The maximum atomic E-state index is 11.8. The maximum absolute atomic E-state index is 11.8. The third kappa shape index (κ3) is 5.31. The summed E-state index contributed by atoms with van der Waals surface area (Å²) in [5.74, 6) is -0.491. The molecule has 0 aromatic heterocycles. The molecule has 0 aliphatic rings. The lowest BCUT2D eigenvalue weighted by atomic mass is 10.4. The van der Waals surface area contributed by atoms with Crippen LogP contribution in [0, 0.1) is 0 Å². The summed E-state index contributed by atoms with van der Waals surface area (Å²) < 4.78 is 11.8. The highest BCUT2D eigenvalue weighted by atomic mass is 35.5. The molecule has 0 unspecified atom stereocenters. The van der Waals surface area contributed by atoms with Crippen LogP contribution in [0.2, 0.25) is 0 Å². The molecule has 0 aromatic rings. The number of hydrogen-bond acceptors (Lipinski definition) is 0. The highest BCUT2D eigenvalue weighted by Gasteiger charge is 1.81. The van der Waals surface area contributed by atoms with Crippen LogP contribution in [0.1, 0.15) is 6.92 Å². The molecule has 0 bridgehead atoms. The van der Waals surface area contributed by atoms with E-state index in [0.717, 1.165) is 0 Å². The molecule has 0 spiro atoms. The van der Waals surface area contributed by atoms with Crippen LogP contribution >= 0.6 is 11.6 Å². The van der Waals surface area contributed by atoms with E-state index in [1.54, 1.807) is 13.0 Å². The Morgan fingerprint density at radius 2 is 2.11 bits per heavy atom. The van der Waals surface area contributed by atoms with Gasteiger partial charge in [-0.05, 0) is 19.1 Å². The number of allylic oxidation sites excluding steroid dienone is 5. The molecule has 9 heavy (non-hydrogen) atoms. The van der Waals surface area contributed by atoms with Gasteiger partial charge in [0.15, 0.2) is 0 Å². The van der Waals surface area contributed by atoms with Crippen molar-refractivity contribution >= 4 is 11.6 Å². The van der Waals surface area contributed by atoms with Crippen molar-refractivity contribution < 1.29 is 4.39 Å². The van der Waals surface area contributed by atoms with Crippen LogP contribution in [0.5, 0.6) is 0 Å². The van der Waals surface area contributed by atoms with Gasteiger partial charge in [-0.25, -0.2) is 4.39 Å². The Kier molecular flexibility index (Phi) is 4.06. The summed E-state index contributed by atoms with van der Waals surface area (Å²) in [6, 6.07) is 0. The minimum absolute atomic E-state index is 0.491. The van der Waals surface area contributed by atoms with Crippen LogP contribution in [-0.4, -0.2) is 0 Å². The van der Waals surface area contributed by atoms with Gasteiger partial charge in [0, 0.05) is 5.03 Å². The normalized spacial score (nSPS) is 12.6. The second kappa shape index (κ2) is 4.33. The quantitative estimate of drug-likeness (QED) is 0.525. The minimum atomic E-state index is -0.491. The zero-order valence-corrected chi connectivity index (χ0v) is 5.95. The van der Waals surface area contributed by atoms with Crippen molar-refractivity contribution in [2.75, 3.05) is 0 Å². The van der Waals surface area contributed by atoms with Crippen molar-refractivity contribution in [3.63, 3.8) is 0 Å². The summed E-state index contributed by atoms with van der Waals surface area (Å²) in [4.78, 5) is 0. The summed E-state index contributed by atoms with van der Waals surface area (Å²) >= 11 is 5.48. The maximum Gasteiger partial charge on any atom is 0.116 e. The fraction of sp³-hybridized carbons (Fsp3) is 0.143. The highest BCUT2D eigenvalue weighted by Crippen LogP contribution is 2.04. The van der Waals surface area contributed by atoms with E-state index in [-0.39, 0.29) is 0 Å². The van der Waals surface area contributed by atoms with Gasteiger partial charge in [-0.3, -0.25) is 0 Å². The van der Waals surface area contributed by atoms with Gasteiger partial charge in [-0.2, -0.15) is 0 Å². The Bertz CT molecular complexity index is 156. The van der Waals surface area contributed by atoms with E-state index in [0.29, 0.717) is 5.03 Å². The number of hydrogen-bond donors (Lipinski definition) is 0. The lowest BCUT2D eigenvalue weighted by Crippen LogP contribution is -1.61. The Labute approximate surface area is 59.3 Å². The molecule has 0 fully saturated rings. The molecular weight excluding hydrogens is 139 g/mol. The summed E-state index contributed by atoms with van der Waals surface area (Å²) in [6.45, 7) is 4.79. The monoisotopic (exact) mass is 146 g/mol. The fourth-order valence-electron chi connectivity index (χ4n) is 0.266. The summed E-state index contributed by atoms with van der Waals surface area (Å²) in [5, 5.41) is 0.508. The molecule has 0 heterocycles. The smallest absolute Gasteiger partial charge is 0.116 e. The number of halogens is 2. The topological polar surface area (TPSA) is 0 Å². The van der Waals surface area contributed by atoms with E-state index in [9.17, 15) is 4.39 Å². The third-order valence-corrected chi connectivity index (χ3v) is 1.04. The van der Waals surface area contributed by atoms with Crippen LogP contribution < -0.4 is 0 Å². The van der Waals surface area contributed by atoms with E-state index in [1.165, 1.54) is 12.2 Å². The van der Waals surface area contributed by atoms with Crippen molar-refractivity contribution in [2.45, 2.75) is 6.92 Å². The fourth-order valence-corrected chi connectivity index (χ4v) is 0.329. The third-order valence-electron chi connectivity index (χ3n) is 0.699. The summed E-state index contributed by atoms with van der Waals surface area (Å²) in [7, 11) is 0. The second-order valence-electron chi connectivity index (χ2n) is 1.45. The Morgan fingerprint density at radius 3 is 2.44 bits per heavy atom. The van der Waals surface area contributed by atoms with E-state index in [1.807, 2.05) is 0 Å². The molecular formula is C7H8ClF. The molecule has 0 atom stereocenters. The van der Waals surface area contributed by atoms with Crippen LogP contribution in [-0.2, 0) is 0 Å². The molecule has 50 valence electrons. The van der Waals surface area contributed by atoms with Crippen LogP contribution in [0.3, 0.4) is 0 Å². The van der Waals surface area contributed by atoms with Gasteiger partial charge in [0.1, 0.15) is 5.83 Å². The van der Waals surface area contributed by atoms with Crippen LogP contribution in [0.15, 0.2) is 35.7 Å². The molecule has 0 radical (unpaired) electrons. The Balaban J connectivity index is 3.86. The van der Waals surface area contributed by atoms with E-state index in [2.05, 4.69) is 6.58 Å². The Hall–Kier alpha value is -0.560. The molecule has 0 aliphatic carbocycles. The number of rotatable bonds is 2. The molecule has 0 nitrogen and oxygen atoms in total. The molecule has 0 saturated heterocycles. The van der Waals surface area contributed by atoms with Gasteiger partial charge >= 0.3 is 0 Å². The van der Waals surface area contributed by atoms with Crippen molar-refractivity contribution in [1.82, 2.24) is 0 Å². The first kappa shape index (κ1) is 8.44. The first-order valence-electron chi connectivity index (χ1n) is 2.51. The molecule has 0 amide bonds. The summed E-state index contributed by atoms with van der Waals surface area (Å²) in [6.07, 6.45) is 4.33. The lowest BCUT2D eigenvalue weighted by molar-refractivity contribution is 0.671. The van der Waals surface area contributed by atoms with Gasteiger partial charge < -0.3 is 0 Å². The summed E-state index contributed by atoms with van der Waals surface area (Å²) in [5.41, 5.74) is 0. The molecule has 0 saturated carbocycles. The zero-order chi connectivity index (χ0) is 7.28. The SMILES string of the molecule is C=C(F)/C=C\C(Cl)=C/C. The standard InChI is InChI=1S/C7H8ClF/c1-3-7(8)5-4-6(2)9/h3-5H,2H2,1H3/b5-4-,7-3+. The predicted octanol–water partition coefficient (Wildman–Crippen LogP) is 3.17. The molecule has 0 aliphatic heterocycles. The average Bonchev–Trinajstić information content (AvgIpc) is 1.83. The average molecular weight is 147 g/mol. The van der Waals surface area contributed by atoms with Gasteiger partial charge in [-0.15, -0.1) is 0 Å². The molecule has 0 aromatic carbocycles. The minimum Gasteiger partial charge on any atom is -0.208 e. The van der Waals surface area contributed by atoms with E-state index < -0.39 is 5.83 Å². The van der Waals surface area contributed by atoms with Crippen LogP contribution in [0.25, 0.3) is 0 Å². The highest BCUT2D eigenvalue weighted by molar-refractivity contribution is 6.31. The van der Waals surface area contributed by atoms with Crippen LogP contribution in [0.4, 0.5) is 4.39 Å². The van der Waals surface area contributed by atoms with Gasteiger partial charge in [0.2, 0.25) is 0 Å². The van der Waals surface area contributed by atoms with Gasteiger partial charge in [-0.1, -0.05) is 24.3 Å². The van der Waals surface area contributed by atoms with Gasteiger partial charge in [0.25, 0.3) is 0 Å². The van der Waals surface area contributed by atoms with Crippen molar-refractivity contribution in [3.8, 4) is 0 Å². The second-order valence-corrected chi connectivity index (χ2v) is 1.89. The zero-order valence-electron chi connectivity index (χ0n) is 5.20. The van der Waals surface area contributed by atoms with Crippen molar-refractivity contribution in [1.29, 1.82) is 0 Å². The molecule has 0 rings (SSSR count). The van der Waals surface area contributed by atoms with Gasteiger partial charge in [0.05, 0.1) is 0 Å². The van der Waals surface area contributed by atoms with E-state index in [4.69, 9.17) is 11.6 Å². The molecule has 0 N–H and O–H groups in total. The Morgan fingerprint density at radius 1 is 1.56 bits per heavy atom.